The van der Waals surface area contributed by atoms with E-state index in [-0.39, 0.29) is 11.1 Å². The minimum Gasteiger partial charge on any atom is -0.384 e. The van der Waals surface area contributed by atoms with Crippen LogP contribution in [0.3, 0.4) is 0 Å². The Morgan fingerprint density at radius 1 is 0.688 bits per heavy atom. The maximum absolute atomic E-state index is 15.0. The van der Waals surface area contributed by atoms with Crippen molar-refractivity contribution in [1.29, 1.82) is 0 Å². The molecule has 32 heavy (non-hydrogen) atoms. The number of aliphatic hydroxyl groups is 1. The highest BCUT2D eigenvalue weighted by Gasteiger charge is 2.18. The van der Waals surface area contributed by atoms with Gasteiger partial charge in [0.25, 0.3) is 0 Å². The lowest BCUT2D eigenvalue weighted by Gasteiger charge is -2.17. The van der Waals surface area contributed by atoms with Crippen molar-refractivity contribution >= 4 is 5.57 Å². The number of hydrogen-bond acceptors (Lipinski definition) is 1. The molecule has 0 saturated carbocycles. The van der Waals surface area contributed by atoms with Crippen molar-refractivity contribution in [3.05, 3.63) is 125 Å². The third kappa shape index (κ3) is 4.73. The molecule has 0 spiro atoms. The maximum Gasteiger partial charge on any atom is 0.131 e. The molecule has 3 aromatic rings. The summed E-state index contributed by atoms with van der Waals surface area (Å²) in [6.45, 7) is 0. The maximum atomic E-state index is 15.0. The van der Waals surface area contributed by atoms with E-state index < -0.39 is 29.4 Å². The first-order chi connectivity index (χ1) is 15.4. The zero-order valence-corrected chi connectivity index (χ0v) is 17.0. The largest absolute Gasteiger partial charge is 0.384 e. The molecule has 0 bridgehead atoms. The summed E-state index contributed by atoms with van der Waals surface area (Å²) >= 11 is 0. The molecule has 1 nitrogen and oxygen atoms in total. The van der Waals surface area contributed by atoms with Crippen LogP contribution in [0.15, 0.2) is 96.4 Å². The van der Waals surface area contributed by atoms with Crippen LogP contribution in [0.2, 0.25) is 0 Å². The van der Waals surface area contributed by atoms with Crippen molar-refractivity contribution < 1.29 is 22.7 Å². The molecule has 1 atom stereocenters. The molecule has 3 aromatic carbocycles. The fraction of sp³-hybridized carbons (Fsp3) is 0.111. The lowest BCUT2D eigenvalue weighted by molar-refractivity contribution is 0.218. The minimum atomic E-state index is -1.23. The molecule has 162 valence electrons. The molecule has 0 saturated heterocycles. The van der Waals surface area contributed by atoms with Crippen molar-refractivity contribution in [3.8, 4) is 11.1 Å². The van der Waals surface area contributed by atoms with Crippen molar-refractivity contribution in [2.45, 2.75) is 18.9 Å². The number of halogens is 4. The van der Waals surface area contributed by atoms with Crippen LogP contribution in [0.25, 0.3) is 16.7 Å². The van der Waals surface area contributed by atoms with E-state index in [9.17, 15) is 18.3 Å². The fourth-order valence-electron chi connectivity index (χ4n) is 3.69. The molecule has 0 aliphatic heterocycles. The van der Waals surface area contributed by atoms with Crippen LogP contribution in [0.4, 0.5) is 17.6 Å². The van der Waals surface area contributed by atoms with Gasteiger partial charge in [-0.25, -0.2) is 17.6 Å². The summed E-state index contributed by atoms with van der Waals surface area (Å²) in [5, 5.41) is 10.8. The zero-order valence-electron chi connectivity index (χ0n) is 17.0. The Kier molecular flexibility index (Phi) is 6.37. The molecule has 0 aromatic heterocycles. The second-order valence-electron chi connectivity index (χ2n) is 7.55. The second-order valence-corrected chi connectivity index (χ2v) is 7.55. The molecule has 1 aliphatic carbocycles. The molecule has 0 fully saturated rings. The third-order valence-corrected chi connectivity index (χ3v) is 5.38. The van der Waals surface area contributed by atoms with E-state index in [4.69, 9.17) is 0 Å². The lowest BCUT2D eigenvalue weighted by atomic mass is 9.93. The van der Waals surface area contributed by atoms with E-state index in [1.54, 1.807) is 18.2 Å². The highest BCUT2D eigenvalue weighted by atomic mass is 19.1. The zero-order chi connectivity index (χ0) is 22.7. The van der Waals surface area contributed by atoms with Crippen molar-refractivity contribution in [3.63, 3.8) is 0 Å². The first kappa shape index (κ1) is 21.8. The number of rotatable bonds is 4. The van der Waals surface area contributed by atoms with Crippen LogP contribution < -0.4 is 0 Å². The fourth-order valence-corrected chi connectivity index (χ4v) is 3.69. The number of hydrogen-bond donors (Lipinski definition) is 1. The second kappa shape index (κ2) is 9.37. The molecular formula is C27H20F4O. The van der Waals surface area contributed by atoms with E-state index in [1.165, 1.54) is 66.7 Å². The summed E-state index contributed by atoms with van der Waals surface area (Å²) in [6.07, 6.45) is 4.53. The van der Waals surface area contributed by atoms with E-state index >= 15 is 4.39 Å². The average Bonchev–Trinajstić information content (AvgIpc) is 2.77. The summed E-state index contributed by atoms with van der Waals surface area (Å²) in [5.41, 5.74) is 2.22. The predicted molar refractivity (Wildman–Crippen MR) is 118 cm³/mol. The van der Waals surface area contributed by atoms with Crippen molar-refractivity contribution in [1.82, 2.24) is 0 Å². The topological polar surface area (TPSA) is 20.2 Å². The van der Waals surface area contributed by atoms with Crippen LogP contribution >= 0.6 is 0 Å². The monoisotopic (exact) mass is 436 g/mol. The summed E-state index contributed by atoms with van der Waals surface area (Å²) in [5.74, 6) is -1.96. The Morgan fingerprint density at radius 3 is 1.91 bits per heavy atom. The van der Waals surface area contributed by atoms with Gasteiger partial charge in [-0.2, -0.15) is 0 Å². The molecule has 1 N–H and O–H groups in total. The summed E-state index contributed by atoms with van der Waals surface area (Å²) in [6, 6.07) is 15.2. The molecular weight excluding hydrogens is 416 g/mol. The summed E-state index contributed by atoms with van der Waals surface area (Å²) in [4.78, 5) is 0. The van der Waals surface area contributed by atoms with Gasteiger partial charge in [0.2, 0.25) is 0 Å². The molecule has 1 aliphatic rings. The van der Waals surface area contributed by atoms with E-state index in [0.717, 1.165) is 0 Å². The average molecular weight is 436 g/mol. The molecule has 0 radical (unpaired) electrons. The highest BCUT2D eigenvalue weighted by Crippen LogP contribution is 2.34. The quantitative estimate of drug-likeness (QED) is 0.421. The highest BCUT2D eigenvalue weighted by molar-refractivity contribution is 5.78. The van der Waals surface area contributed by atoms with Gasteiger partial charge in [0.05, 0.1) is 0 Å². The van der Waals surface area contributed by atoms with Crippen molar-refractivity contribution in [2.24, 2.45) is 0 Å². The van der Waals surface area contributed by atoms with Crippen LogP contribution in [0.5, 0.6) is 0 Å². The van der Waals surface area contributed by atoms with E-state index in [1.807, 2.05) is 0 Å². The molecule has 1 unspecified atom stereocenters. The smallest absolute Gasteiger partial charge is 0.131 e. The predicted octanol–water partition coefficient (Wildman–Crippen LogP) is 7.46. The molecule has 5 heteroatoms. The van der Waals surface area contributed by atoms with Gasteiger partial charge < -0.3 is 5.11 Å². The normalized spacial score (nSPS) is 20.1. The minimum absolute atomic E-state index is 0.274. The van der Waals surface area contributed by atoms with Gasteiger partial charge in [0.15, 0.2) is 0 Å². The van der Waals surface area contributed by atoms with Gasteiger partial charge in [-0.15, -0.1) is 0 Å². The SMILES string of the molecule is OC(C1=C/CC\C=C(c2ccc(F)cc2)/C(F)=C\1)c1ccc(-c2ccc(F)cc2)c(F)c1. The van der Waals surface area contributed by atoms with Crippen LogP contribution in [0.1, 0.15) is 30.1 Å². The molecule has 0 heterocycles. The Hall–Kier alpha value is -3.44. The summed E-state index contributed by atoms with van der Waals surface area (Å²) in [7, 11) is 0. The third-order valence-electron chi connectivity index (χ3n) is 5.38. The lowest BCUT2D eigenvalue weighted by Crippen LogP contribution is -2.03. The van der Waals surface area contributed by atoms with Crippen LogP contribution in [0, 0.1) is 17.5 Å². The molecule has 4 rings (SSSR count). The van der Waals surface area contributed by atoms with Crippen LogP contribution in [-0.4, -0.2) is 5.11 Å². The van der Waals surface area contributed by atoms with Gasteiger partial charge in [-0.3, -0.25) is 0 Å². The van der Waals surface area contributed by atoms with Gasteiger partial charge >= 0.3 is 0 Å². The van der Waals surface area contributed by atoms with Gasteiger partial charge in [0, 0.05) is 11.1 Å². The Balaban J connectivity index is 1.61. The molecule has 0 amide bonds. The Bertz CT molecular complexity index is 1210. The number of allylic oxidation sites excluding steroid dienone is 4. The summed E-state index contributed by atoms with van der Waals surface area (Å²) < 4.78 is 56.1. The Labute approximate surface area is 183 Å². The van der Waals surface area contributed by atoms with E-state index in [0.29, 0.717) is 35.1 Å². The Morgan fingerprint density at radius 2 is 1.28 bits per heavy atom. The number of benzene rings is 3. The van der Waals surface area contributed by atoms with Gasteiger partial charge in [-0.05, 0) is 71.5 Å². The standard InChI is InChI=1S/C27H20F4O/c28-21-10-5-17(6-11-21)23-4-2-1-3-19(15-25(23)30)27(32)20-9-14-24(26(31)16-20)18-7-12-22(29)13-8-18/h3-16,27,32H,1-2H2/b19-3+,23-4-,25-15+. The van der Waals surface area contributed by atoms with Gasteiger partial charge in [0.1, 0.15) is 29.4 Å². The number of aliphatic hydroxyl groups excluding tert-OH is 1. The first-order valence-electron chi connectivity index (χ1n) is 10.2. The van der Waals surface area contributed by atoms with Crippen LogP contribution in [-0.2, 0) is 0 Å². The van der Waals surface area contributed by atoms with E-state index in [2.05, 4.69) is 0 Å². The van der Waals surface area contributed by atoms with Crippen molar-refractivity contribution in [2.75, 3.05) is 0 Å². The van der Waals surface area contributed by atoms with Gasteiger partial charge in [-0.1, -0.05) is 48.6 Å². The first-order valence-corrected chi connectivity index (χ1v) is 10.2.